The standard InChI is InChI=1S/C26H26N4O2/c1-18-9-11-19(12-10-18)24-25(30(17-29-24)21-7-2-3-8-21)22-13-14-23(32-22)26(31)28-16-20-6-4-5-15-27-20/h4-6,9-15,17,21H,2-3,7-8,16H2,1H3,(H,28,31). The zero-order chi connectivity index (χ0) is 21.9. The summed E-state index contributed by atoms with van der Waals surface area (Å²) in [6.45, 7) is 2.43. The van der Waals surface area contributed by atoms with Gasteiger partial charge >= 0.3 is 0 Å². The molecule has 6 heteroatoms. The molecule has 0 atom stereocenters. The fourth-order valence-electron chi connectivity index (χ4n) is 4.33. The van der Waals surface area contributed by atoms with E-state index in [9.17, 15) is 4.79 Å². The number of rotatable bonds is 6. The maximum absolute atomic E-state index is 12.7. The van der Waals surface area contributed by atoms with E-state index in [0.717, 1.165) is 35.5 Å². The molecule has 0 bridgehead atoms. The molecular formula is C26H26N4O2. The zero-order valence-electron chi connectivity index (χ0n) is 18.1. The molecule has 1 aliphatic carbocycles. The average Bonchev–Trinajstić information content (AvgIpc) is 3.58. The Labute approximate surface area is 187 Å². The highest BCUT2D eigenvalue weighted by Gasteiger charge is 2.25. The van der Waals surface area contributed by atoms with Gasteiger partial charge in [-0.05, 0) is 44.0 Å². The summed E-state index contributed by atoms with van der Waals surface area (Å²) in [5.41, 5.74) is 4.86. The molecule has 0 saturated heterocycles. The second-order valence-corrected chi connectivity index (χ2v) is 8.32. The van der Waals surface area contributed by atoms with Gasteiger partial charge in [-0.15, -0.1) is 0 Å². The van der Waals surface area contributed by atoms with Crippen LogP contribution >= 0.6 is 0 Å². The van der Waals surface area contributed by atoms with Crippen LogP contribution in [0.25, 0.3) is 22.7 Å². The number of hydrogen-bond acceptors (Lipinski definition) is 4. The Bertz CT molecular complexity index is 1200. The van der Waals surface area contributed by atoms with Crippen LogP contribution in [0.4, 0.5) is 0 Å². The number of carbonyl (C=O) groups is 1. The summed E-state index contributed by atoms with van der Waals surface area (Å²) in [7, 11) is 0. The number of hydrogen-bond donors (Lipinski definition) is 1. The van der Waals surface area contributed by atoms with Crippen LogP contribution in [-0.2, 0) is 6.54 Å². The van der Waals surface area contributed by atoms with Crippen molar-refractivity contribution >= 4 is 5.91 Å². The van der Waals surface area contributed by atoms with Crippen LogP contribution in [-0.4, -0.2) is 20.4 Å². The van der Waals surface area contributed by atoms with Gasteiger partial charge in [0, 0.05) is 17.8 Å². The molecule has 0 unspecified atom stereocenters. The SMILES string of the molecule is Cc1ccc(-c2ncn(C3CCCC3)c2-c2ccc(C(=O)NCc3ccccn3)o2)cc1. The summed E-state index contributed by atoms with van der Waals surface area (Å²) in [4.78, 5) is 21.7. The highest BCUT2D eigenvalue weighted by atomic mass is 16.4. The maximum atomic E-state index is 12.7. The van der Waals surface area contributed by atoms with Crippen LogP contribution < -0.4 is 5.32 Å². The van der Waals surface area contributed by atoms with Crippen molar-refractivity contribution in [2.24, 2.45) is 0 Å². The first kappa shape index (κ1) is 20.2. The molecule has 32 heavy (non-hydrogen) atoms. The van der Waals surface area contributed by atoms with Gasteiger partial charge in [-0.1, -0.05) is 48.7 Å². The van der Waals surface area contributed by atoms with Crippen LogP contribution in [0.2, 0.25) is 0 Å². The monoisotopic (exact) mass is 426 g/mol. The first-order valence-electron chi connectivity index (χ1n) is 11.1. The number of aromatic nitrogens is 3. The second-order valence-electron chi connectivity index (χ2n) is 8.32. The number of pyridine rings is 1. The summed E-state index contributed by atoms with van der Waals surface area (Å²) in [5, 5.41) is 2.88. The summed E-state index contributed by atoms with van der Waals surface area (Å²) in [6.07, 6.45) is 8.35. The molecule has 4 aromatic rings. The van der Waals surface area contributed by atoms with Gasteiger partial charge < -0.3 is 14.3 Å². The van der Waals surface area contributed by atoms with Crippen molar-refractivity contribution in [3.05, 3.63) is 84.1 Å². The minimum Gasteiger partial charge on any atom is -0.449 e. The maximum Gasteiger partial charge on any atom is 0.287 e. The number of amides is 1. The van der Waals surface area contributed by atoms with Crippen molar-refractivity contribution < 1.29 is 9.21 Å². The molecule has 1 aliphatic rings. The first-order chi connectivity index (χ1) is 15.7. The Balaban J connectivity index is 1.45. The van der Waals surface area contributed by atoms with Gasteiger partial charge in [0.1, 0.15) is 5.69 Å². The smallest absolute Gasteiger partial charge is 0.287 e. The second kappa shape index (κ2) is 8.83. The van der Waals surface area contributed by atoms with Crippen molar-refractivity contribution in [1.82, 2.24) is 19.9 Å². The van der Waals surface area contributed by atoms with E-state index in [1.165, 1.54) is 18.4 Å². The van der Waals surface area contributed by atoms with Gasteiger partial charge in [-0.3, -0.25) is 9.78 Å². The molecule has 1 aromatic carbocycles. The Hall–Kier alpha value is -3.67. The Morgan fingerprint density at radius 1 is 1.06 bits per heavy atom. The van der Waals surface area contributed by atoms with Crippen molar-refractivity contribution in [1.29, 1.82) is 0 Å². The number of aryl methyl sites for hydroxylation is 1. The molecule has 3 aromatic heterocycles. The predicted octanol–water partition coefficient (Wildman–Crippen LogP) is 5.56. The van der Waals surface area contributed by atoms with E-state index >= 15 is 0 Å². The van der Waals surface area contributed by atoms with Gasteiger partial charge in [0.05, 0.1) is 24.3 Å². The number of nitrogens with one attached hydrogen (secondary N) is 1. The lowest BCUT2D eigenvalue weighted by Gasteiger charge is -2.15. The number of benzene rings is 1. The molecule has 1 fully saturated rings. The zero-order valence-corrected chi connectivity index (χ0v) is 18.1. The van der Waals surface area contributed by atoms with Crippen molar-refractivity contribution in [2.45, 2.75) is 45.2 Å². The van der Waals surface area contributed by atoms with Crippen LogP contribution in [0.3, 0.4) is 0 Å². The molecule has 1 saturated carbocycles. The normalized spacial score (nSPS) is 14.0. The topological polar surface area (TPSA) is 73.0 Å². The molecular weight excluding hydrogens is 400 g/mol. The van der Waals surface area contributed by atoms with Gasteiger partial charge in [0.2, 0.25) is 0 Å². The summed E-state index contributed by atoms with van der Waals surface area (Å²) in [6, 6.07) is 18.0. The van der Waals surface area contributed by atoms with Gasteiger partial charge in [0.15, 0.2) is 11.5 Å². The third kappa shape index (κ3) is 4.08. The predicted molar refractivity (Wildman–Crippen MR) is 123 cm³/mol. The van der Waals surface area contributed by atoms with Crippen LogP contribution in [0, 0.1) is 6.92 Å². The quantitative estimate of drug-likeness (QED) is 0.438. The average molecular weight is 427 g/mol. The van der Waals surface area contributed by atoms with E-state index in [1.54, 1.807) is 12.3 Å². The summed E-state index contributed by atoms with van der Waals surface area (Å²) < 4.78 is 8.30. The van der Waals surface area contributed by atoms with Crippen molar-refractivity contribution in [2.75, 3.05) is 0 Å². The summed E-state index contributed by atoms with van der Waals surface area (Å²) in [5.74, 6) is 0.684. The third-order valence-electron chi connectivity index (χ3n) is 6.06. The molecule has 5 rings (SSSR count). The van der Waals surface area contributed by atoms with Crippen LogP contribution in [0.1, 0.15) is 53.5 Å². The minimum absolute atomic E-state index is 0.259. The molecule has 0 aliphatic heterocycles. The van der Waals surface area contributed by atoms with E-state index in [4.69, 9.17) is 9.40 Å². The highest BCUT2D eigenvalue weighted by Crippen LogP contribution is 2.39. The van der Waals surface area contributed by atoms with E-state index in [1.807, 2.05) is 30.6 Å². The van der Waals surface area contributed by atoms with Crippen LogP contribution in [0.5, 0.6) is 0 Å². The van der Waals surface area contributed by atoms with Gasteiger partial charge in [-0.2, -0.15) is 0 Å². The molecule has 162 valence electrons. The van der Waals surface area contributed by atoms with E-state index in [0.29, 0.717) is 18.3 Å². The molecule has 6 nitrogen and oxygen atoms in total. The van der Waals surface area contributed by atoms with Gasteiger partial charge in [0.25, 0.3) is 5.91 Å². The molecule has 1 amide bonds. The van der Waals surface area contributed by atoms with E-state index in [2.05, 4.69) is 46.1 Å². The summed E-state index contributed by atoms with van der Waals surface area (Å²) >= 11 is 0. The van der Waals surface area contributed by atoms with Crippen LogP contribution in [0.15, 0.2) is 71.5 Å². The lowest BCUT2D eigenvalue weighted by Crippen LogP contribution is -2.22. The number of carbonyl (C=O) groups excluding carboxylic acids is 1. The Kier molecular flexibility index (Phi) is 5.58. The molecule has 0 spiro atoms. The van der Waals surface area contributed by atoms with Gasteiger partial charge in [-0.25, -0.2) is 4.98 Å². The van der Waals surface area contributed by atoms with E-state index in [-0.39, 0.29) is 11.7 Å². The number of imidazole rings is 1. The molecule has 0 radical (unpaired) electrons. The van der Waals surface area contributed by atoms with E-state index < -0.39 is 0 Å². The number of nitrogens with zero attached hydrogens (tertiary/aromatic N) is 3. The fourth-order valence-corrected chi connectivity index (χ4v) is 4.33. The first-order valence-corrected chi connectivity index (χ1v) is 11.1. The third-order valence-corrected chi connectivity index (χ3v) is 6.06. The van der Waals surface area contributed by atoms with Crippen molar-refractivity contribution in [3.8, 4) is 22.7 Å². The Morgan fingerprint density at radius 2 is 1.88 bits per heavy atom. The lowest BCUT2D eigenvalue weighted by molar-refractivity contribution is 0.0923. The highest BCUT2D eigenvalue weighted by molar-refractivity contribution is 5.92. The lowest BCUT2D eigenvalue weighted by atomic mass is 10.1. The molecule has 1 N–H and O–H groups in total. The Morgan fingerprint density at radius 3 is 2.62 bits per heavy atom. The number of furan rings is 1. The largest absolute Gasteiger partial charge is 0.449 e. The fraction of sp³-hybridized carbons (Fsp3) is 0.269. The molecule has 3 heterocycles. The minimum atomic E-state index is -0.259. The van der Waals surface area contributed by atoms with Crippen molar-refractivity contribution in [3.63, 3.8) is 0 Å².